The van der Waals surface area contributed by atoms with Crippen LogP contribution in [0.3, 0.4) is 0 Å². The molecule has 0 aliphatic carbocycles. The van der Waals surface area contributed by atoms with E-state index >= 15 is 0 Å². The molecule has 1 fully saturated rings. The molecule has 0 amide bonds. The minimum absolute atomic E-state index is 0.186. The zero-order valence-electron chi connectivity index (χ0n) is 13.0. The molecular weight excluding hydrogens is 314 g/mol. The number of nitriles is 1. The smallest absolute Gasteiger partial charge is 0.244 e. The third-order valence-corrected chi connectivity index (χ3v) is 6.20. The molecular formula is C15H17N5O2S. The SMILES string of the molecule is Cc1ccc(C#N)cc1S(=O)(=O)N1CCC[C@@H]1c1nncn1C. The summed E-state index contributed by atoms with van der Waals surface area (Å²) in [5.41, 5.74) is 0.969. The molecule has 1 aromatic carbocycles. The zero-order valence-corrected chi connectivity index (χ0v) is 13.8. The molecule has 0 unspecified atom stereocenters. The molecule has 1 saturated heterocycles. The fraction of sp³-hybridized carbons (Fsp3) is 0.400. The molecule has 0 bridgehead atoms. The van der Waals surface area contributed by atoms with E-state index in [0.29, 0.717) is 29.9 Å². The summed E-state index contributed by atoms with van der Waals surface area (Å²) >= 11 is 0. The van der Waals surface area contributed by atoms with E-state index in [1.807, 2.05) is 6.07 Å². The Bertz CT molecular complexity index is 882. The van der Waals surface area contributed by atoms with E-state index in [0.717, 1.165) is 6.42 Å². The van der Waals surface area contributed by atoms with E-state index in [-0.39, 0.29) is 10.9 Å². The van der Waals surface area contributed by atoms with Crippen LogP contribution in [0.5, 0.6) is 0 Å². The third kappa shape index (κ3) is 2.62. The van der Waals surface area contributed by atoms with E-state index in [1.165, 1.54) is 10.4 Å². The standard InChI is InChI=1S/C15H17N5O2S/c1-11-5-6-12(9-16)8-14(11)23(21,22)20-7-3-4-13(20)15-18-17-10-19(15)2/h5-6,8,10,13H,3-4,7H2,1-2H3/t13-/m1/s1. The Morgan fingerprint density at radius 2 is 2.17 bits per heavy atom. The molecule has 1 aliphatic rings. The van der Waals surface area contributed by atoms with Crippen molar-refractivity contribution in [2.75, 3.05) is 6.54 Å². The Labute approximate surface area is 135 Å². The number of aromatic nitrogens is 3. The van der Waals surface area contributed by atoms with Gasteiger partial charge >= 0.3 is 0 Å². The molecule has 120 valence electrons. The maximum Gasteiger partial charge on any atom is 0.244 e. The van der Waals surface area contributed by atoms with Crippen molar-refractivity contribution in [1.29, 1.82) is 5.26 Å². The van der Waals surface area contributed by atoms with Crippen LogP contribution in [0.25, 0.3) is 0 Å². The highest BCUT2D eigenvalue weighted by molar-refractivity contribution is 7.89. The van der Waals surface area contributed by atoms with Gasteiger partial charge in [0.25, 0.3) is 0 Å². The quantitative estimate of drug-likeness (QED) is 0.850. The van der Waals surface area contributed by atoms with E-state index in [4.69, 9.17) is 5.26 Å². The largest absolute Gasteiger partial charge is 0.319 e. The van der Waals surface area contributed by atoms with Crippen LogP contribution in [0.1, 0.15) is 35.8 Å². The maximum atomic E-state index is 13.1. The topological polar surface area (TPSA) is 91.9 Å². The van der Waals surface area contributed by atoms with Gasteiger partial charge in [-0.25, -0.2) is 8.42 Å². The van der Waals surface area contributed by atoms with Crippen molar-refractivity contribution in [1.82, 2.24) is 19.1 Å². The molecule has 2 aromatic rings. The van der Waals surface area contributed by atoms with Crippen LogP contribution in [0.4, 0.5) is 0 Å². The molecule has 7 nitrogen and oxygen atoms in total. The first kappa shape index (κ1) is 15.6. The Balaban J connectivity index is 2.06. The van der Waals surface area contributed by atoms with E-state index in [1.54, 1.807) is 37.0 Å². The summed E-state index contributed by atoms with van der Waals surface area (Å²) in [5.74, 6) is 0.639. The van der Waals surface area contributed by atoms with Crippen molar-refractivity contribution >= 4 is 10.0 Å². The molecule has 3 rings (SSSR count). The van der Waals surface area contributed by atoms with Crippen molar-refractivity contribution in [2.45, 2.75) is 30.7 Å². The Morgan fingerprint density at radius 1 is 1.39 bits per heavy atom. The monoisotopic (exact) mass is 331 g/mol. The summed E-state index contributed by atoms with van der Waals surface area (Å²) in [5, 5.41) is 17.0. The van der Waals surface area contributed by atoms with Crippen LogP contribution in [0.2, 0.25) is 0 Å². The molecule has 1 aliphatic heterocycles. The highest BCUT2D eigenvalue weighted by Crippen LogP contribution is 2.36. The van der Waals surface area contributed by atoms with Crippen LogP contribution >= 0.6 is 0 Å². The minimum atomic E-state index is -3.69. The summed E-state index contributed by atoms with van der Waals surface area (Å²) in [4.78, 5) is 0.186. The second-order valence-corrected chi connectivity index (χ2v) is 7.52. The van der Waals surface area contributed by atoms with Crippen LogP contribution in [-0.4, -0.2) is 34.0 Å². The lowest BCUT2D eigenvalue weighted by Crippen LogP contribution is -2.32. The van der Waals surface area contributed by atoms with Crippen molar-refractivity contribution in [3.05, 3.63) is 41.5 Å². The van der Waals surface area contributed by atoms with Crippen molar-refractivity contribution in [3.8, 4) is 6.07 Å². The second-order valence-electron chi connectivity index (χ2n) is 5.67. The Morgan fingerprint density at radius 3 is 2.83 bits per heavy atom. The molecule has 2 heterocycles. The van der Waals surface area contributed by atoms with E-state index in [9.17, 15) is 8.42 Å². The van der Waals surface area contributed by atoms with Gasteiger partial charge in [-0.15, -0.1) is 10.2 Å². The minimum Gasteiger partial charge on any atom is -0.319 e. The average molecular weight is 331 g/mol. The molecule has 1 atom stereocenters. The first-order chi connectivity index (χ1) is 10.9. The normalized spacial score (nSPS) is 18.9. The summed E-state index contributed by atoms with van der Waals surface area (Å²) in [7, 11) is -1.89. The lowest BCUT2D eigenvalue weighted by molar-refractivity contribution is 0.376. The lowest BCUT2D eigenvalue weighted by Gasteiger charge is -2.24. The number of nitrogens with zero attached hydrogens (tertiary/aromatic N) is 5. The van der Waals surface area contributed by atoms with E-state index in [2.05, 4.69) is 10.2 Å². The van der Waals surface area contributed by atoms with Gasteiger partial charge in [-0.3, -0.25) is 0 Å². The number of hydrogen-bond acceptors (Lipinski definition) is 5. The molecule has 8 heteroatoms. The predicted octanol–water partition coefficient (Wildman–Crippen LogP) is 1.52. The fourth-order valence-corrected chi connectivity index (χ4v) is 4.86. The van der Waals surface area contributed by atoms with Crippen LogP contribution < -0.4 is 0 Å². The number of aryl methyl sites for hydroxylation is 2. The predicted molar refractivity (Wildman–Crippen MR) is 82.8 cm³/mol. The first-order valence-corrected chi connectivity index (χ1v) is 8.75. The maximum absolute atomic E-state index is 13.1. The van der Waals surface area contributed by atoms with Crippen LogP contribution in [0, 0.1) is 18.3 Å². The molecule has 0 saturated carbocycles. The highest BCUT2D eigenvalue weighted by Gasteiger charge is 2.39. The summed E-state index contributed by atoms with van der Waals surface area (Å²) in [6.45, 7) is 2.18. The van der Waals surface area contributed by atoms with Crippen molar-refractivity contribution in [3.63, 3.8) is 0 Å². The van der Waals surface area contributed by atoms with E-state index < -0.39 is 10.0 Å². The fourth-order valence-electron chi connectivity index (χ4n) is 2.95. The van der Waals surface area contributed by atoms with Gasteiger partial charge in [-0.2, -0.15) is 9.57 Å². The van der Waals surface area contributed by atoms with Gasteiger partial charge < -0.3 is 4.57 Å². The third-order valence-electron chi connectivity index (χ3n) is 4.15. The number of benzene rings is 1. The van der Waals surface area contributed by atoms with Gasteiger partial charge in [0.05, 0.1) is 22.6 Å². The number of hydrogen-bond donors (Lipinski definition) is 0. The van der Waals surface area contributed by atoms with Gasteiger partial charge in [0.2, 0.25) is 10.0 Å². The lowest BCUT2D eigenvalue weighted by atomic mass is 10.2. The summed E-state index contributed by atoms with van der Waals surface area (Å²) < 4.78 is 29.4. The molecule has 1 aromatic heterocycles. The number of rotatable bonds is 3. The first-order valence-electron chi connectivity index (χ1n) is 7.31. The molecule has 0 spiro atoms. The highest BCUT2D eigenvalue weighted by atomic mass is 32.2. The summed E-state index contributed by atoms with van der Waals surface area (Å²) in [6.07, 6.45) is 3.05. The van der Waals surface area contributed by atoms with Gasteiger partial charge in [0.15, 0.2) is 5.82 Å². The second kappa shape index (κ2) is 5.76. The Hall–Kier alpha value is -2.24. The number of sulfonamides is 1. The molecule has 0 N–H and O–H groups in total. The van der Waals surface area contributed by atoms with Gasteiger partial charge in [0.1, 0.15) is 6.33 Å². The summed E-state index contributed by atoms with van der Waals surface area (Å²) in [6, 6.07) is 6.40. The average Bonchev–Trinajstić information content (AvgIpc) is 3.16. The van der Waals surface area contributed by atoms with Gasteiger partial charge in [-0.1, -0.05) is 6.07 Å². The molecule has 0 radical (unpaired) electrons. The van der Waals surface area contributed by atoms with Crippen molar-refractivity contribution in [2.24, 2.45) is 7.05 Å². The van der Waals surface area contributed by atoms with Crippen molar-refractivity contribution < 1.29 is 8.42 Å². The molecule has 23 heavy (non-hydrogen) atoms. The van der Waals surface area contributed by atoms with Crippen LogP contribution in [0.15, 0.2) is 29.4 Å². The van der Waals surface area contributed by atoms with Gasteiger partial charge in [0, 0.05) is 13.6 Å². The van der Waals surface area contributed by atoms with Gasteiger partial charge in [-0.05, 0) is 37.5 Å². The zero-order chi connectivity index (χ0) is 16.6. The van der Waals surface area contributed by atoms with Crippen LogP contribution in [-0.2, 0) is 17.1 Å². The Kier molecular flexibility index (Phi) is 3.92.